The normalized spacial score (nSPS) is 22.0. The van der Waals surface area contributed by atoms with Crippen LogP contribution in [0.1, 0.15) is 26.7 Å². The van der Waals surface area contributed by atoms with Gasteiger partial charge in [-0.3, -0.25) is 24.1 Å². The van der Waals surface area contributed by atoms with E-state index in [-0.39, 0.29) is 36.7 Å². The van der Waals surface area contributed by atoms with Gasteiger partial charge in [0.25, 0.3) is 5.91 Å². The van der Waals surface area contributed by atoms with Gasteiger partial charge >= 0.3 is 11.9 Å². The summed E-state index contributed by atoms with van der Waals surface area (Å²) in [5, 5.41) is 11.3. The van der Waals surface area contributed by atoms with Gasteiger partial charge < -0.3 is 15.2 Å². The smallest absolute Gasteiger partial charge is 0.352 e. The summed E-state index contributed by atoms with van der Waals surface area (Å²) in [4.78, 5) is 58.9. The minimum Gasteiger partial charge on any atom is -0.477 e. The summed E-state index contributed by atoms with van der Waals surface area (Å²) in [5.74, 6) is -2.96. The molecule has 2 aliphatic rings. The van der Waals surface area contributed by atoms with Crippen molar-refractivity contribution in [3.05, 3.63) is 11.3 Å². The van der Waals surface area contributed by atoms with Gasteiger partial charge in [0.1, 0.15) is 29.5 Å². The van der Waals surface area contributed by atoms with E-state index >= 15 is 0 Å². The molecule has 1 saturated heterocycles. The number of carbonyl (C=O) groups excluding carboxylic acids is 4. The van der Waals surface area contributed by atoms with Crippen LogP contribution in [0.4, 0.5) is 0 Å². The van der Waals surface area contributed by atoms with Gasteiger partial charge in [-0.2, -0.15) is 0 Å². The van der Waals surface area contributed by atoms with Crippen molar-refractivity contribution in [2.24, 2.45) is 0 Å². The van der Waals surface area contributed by atoms with E-state index in [9.17, 15) is 29.1 Å². The fourth-order valence-electron chi connectivity index (χ4n) is 2.51. The highest BCUT2D eigenvalue weighted by Crippen LogP contribution is 2.40. The molecule has 0 aliphatic carbocycles. The third kappa shape index (κ3) is 4.01. The second-order valence-electron chi connectivity index (χ2n) is 5.56. The summed E-state index contributed by atoms with van der Waals surface area (Å²) in [6, 6.07) is -0.869. The standard InChI is InChI=1S/C15H18N2O7S/c1-3-9(19)4-10(20)16-11-13(21)17-12(15(22)23)8(5-24-7(2)18)6-25-14(11)17/h11,14H,3-6H2,1-2H3,(H,16,20)(H,22,23)/t11-,14+/m1/s1. The lowest BCUT2D eigenvalue weighted by atomic mass is 10.0. The van der Waals surface area contributed by atoms with Crippen molar-refractivity contribution in [3.63, 3.8) is 0 Å². The van der Waals surface area contributed by atoms with Gasteiger partial charge in [0, 0.05) is 24.7 Å². The molecule has 2 amide bonds. The first-order chi connectivity index (χ1) is 11.8. The number of β-lactam (4-membered cyclic amide) rings is 1. The fourth-order valence-corrected chi connectivity index (χ4v) is 3.84. The topological polar surface area (TPSA) is 130 Å². The number of carboxylic acids is 1. The first-order valence-electron chi connectivity index (χ1n) is 7.60. The van der Waals surface area contributed by atoms with Gasteiger partial charge in [-0.1, -0.05) is 6.92 Å². The van der Waals surface area contributed by atoms with Gasteiger partial charge in [0.15, 0.2) is 0 Å². The van der Waals surface area contributed by atoms with E-state index in [2.05, 4.69) is 5.32 Å². The second kappa shape index (κ2) is 7.68. The molecule has 2 heterocycles. The number of esters is 1. The number of hydrogen-bond donors (Lipinski definition) is 2. The van der Waals surface area contributed by atoms with E-state index in [1.54, 1.807) is 6.92 Å². The molecule has 2 rings (SSSR count). The molecule has 0 aromatic rings. The Kier molecular flexibility index (Phi) is 5.83. The number of carbonyl (C=O) groups is 5. The van der Waals surface area contributed by atoms with Gasteiger partial charge in [-0.05, 0) is 0 Å². The van der Waals surface area contributed by atoms with E-state index in [4.69, 9.17) is 4.74 Å². The highest BCUT2D eigenvalue weighted by molar-refractivity contribution is 8.00. The summed E-state index contributed by atoms with van der Waals surface area (Å²) in [7, 11) is 0. The Balaban J connectivity index is 2.10. The van der Waals surface area contributed by atoms with Crippen LogP contribution in [0.25, 0.3) is 0 Å². The molecule has 10 heteroatoms. The zero-order chi connectivity index (χ0) is 18.7. The number of amides is 2. The van der Waals surface area contributed by atoms with Crippen molar-refractivity contribution in [1.29, 1.82) is 0 Å². The predicted molar refractivity (Wildman–Crippen MR) is 86.2 cm³/mol. The van der Waals surface area contributed by atoms with E-state index in [1.165, 1.54) is 18.7 Å². The van der Waals surface area contributed by atoms with Crippen molar-refractivity contribution >= 4 is 41.3 Å². The Labute approximate surface area is 147 Å². The van der Waals surface area contributed by atoms with E-state index in [0.717, 1.165) is 4.90 Å². The Hall–Kier alpha value is -2.36. The number of fused-ring (bicyclic) bond motifs is 1. The van der Waals surface area contributed by atoms with Crippen molar-refractivity contribution in [3.8, 4) is 0 Å². The zero-order valence-electron chi connectivity index (χ0n) is 13.7. The number of hydrogen-bond acceptors (Lipinski definition) is 7. The van der Waals surface area contributed by atoms with Gasteiger partial charge in [0.05, 0.1) is 6.42 Å². The first-order valence-corrected chi connectivity index (χ1v) is 8.65. The molecule has 2 aliphatic heterocycles. The van der Waals surface area contributed by atoms with Gasteiger partial charge in [-0.15, -0.1) is 11.8 Å². The molecule has 25 heavy (non-hydrogen) atoms. The predicted octanol–water partition coefficient (Wildman–Crippen LogP) is -0.343. The largest absolute Gasteiger partial charge is 0.477 e. The molecule has 2 N–H and O–H groups in total. The maximum absolute atomic E-state index is 12.3. The summed E-state index contributed by atoms with van der Waals surface area (Å²) >= 11 is 1.27. The van der Waals surface area contributed by atoms with Crippen molar-refractivity contribution < 1.29 is 33.8 Å². The molecule has 0 bridgehead atoms. The maximum Gasteiger partial charge on any atom is 0.352 e. The lowest BCUT2D eigenvalue weighted by molar-refractivity contribution is -0.151. The molecule has 9 nitrogen and oxygen atoms in total. The second-order valence-corrected chi connectivity index (χ2v) is 6.67. The molecule has 0 aromatic heterocycles. The van der Waals surface area contributed by atoms with Crippen LogP contribution in [0.15, 0.2) is 11.3 Å². The monoisotopic (exact) mass is 370 g/mol. The summed E-state index contributed by atoms with van der Waals surface area (Å²) in [6.07, 6.45) is -0.0846. The summed E-state index contributed by atoms with van der Waals surface area (Å²) < 4.78 is 4.83. The fraction of sp³-hybridized carbons (Fsp3) is 0.533. The van der Waals surface area contributed by atoms with Crippen LogP contribution in [0.2, 0.25) is 0 Å². The van der Waals surface area contributed by atoms with Crippen LogP contribution in [0.3, 0.4) is 0 Å². The third-order valence-corrected chi connectivity index (χ3v) is 5.11. The first kappa shape index (κ1) is 19.0. The summed E-state index contributed by atoms with van der Waals surface area (Å²) in [6.45, 7) is 2.64. The average Bonchev–Trinajstić information content (AvgIpc) is 2.56. The molecular weight excluding hydrogens is 352 g/mol. The molecule has 0 aromatic carbocycles. The zero-order valence-corrected chi connectivity index (χ0v) is 14.6. The SMILES string of the molecule is CCC(=O)CC(=O)N[C@@H]1C(=O)N2C(C(=O)O)=C(COC(C)=O)CS[C@@H]12. The average molecular weight is 370 g/mol. The highest BCUT2D eigenvalue weighted by Gasteiger charge is 2.54. The molecule has 0 spiro atoms. The minimum atomic E-state index is -1.30. The van der Waals surface area contributed by atoms with Crippen molar-refractivity contribution in [2.45, 2.75) is 38.1 Å². The van der Waals surface area contributed by atoms with Crippen molar-refractivity contribution in [1.82, 2.24) is 10.2 Å². The number of ketones is 1. The number of nitrogens with zero attached hydrogens (tertiary/aromatic N) is 1. The maximum atomic E-state index is 12.3. The van der Waals surface area contributed by atoms with Gasteiger partial charge in [-0.25, -0.2) is 4.79 Å². The molecule has 0 saturated carbocycles. The van der Waals surface area contributed by atoms with Gasteiger partial charge in [0.2, 0.25) is 5.91 Å². The minimum absolute atomic E-state index is 0.206. The van der Waals surface area contributed by atoms with Crippen LogP contribution in [0.5, 0.6) is 0 Å². The van der Waals surface area contributed by atoms with E-state index < -0.39 is 35.2 Å². The van der Waals surface area contributed by atoms with Crippen molar-refractivity contribution in [2.75, 3.05) is 12.4 Å². The molecule has 0 unspecified atom stereocenters. The Morgan fingerprint density at radius 2 is 2.04 bits per heavy atom. The number of ether oxygens (including phenoxy) is 1. The Bertz CT molecular complexity index is 673. The van der Waals surface area contributed by atoms with Crippen LogP contribution >= 0.6 is 11.8 Å². The molecule has 1 fully saturated rings. The van der Waals surface area contributed by atoms with Crippen LogP contribution in [-0.2, 0) is 28.7 Å². The van der Waals surface area contributed by atoms with Crippen LogP contribution in [-0.4, -0.2) is 63.3 Å². The molecule has 0 radical (unpaired) electrons. The lowest BCUT2D eigenvalue weighted by Crippen LogP contribution is -2.70. The Morgan fingerprint density at radius 3 is 2.60 bits per heavy atom. The Morgan fingerprint density at radius 1 is 1.36 bits per heavy atom. The van der Waals surface area contributed by atoms with E-state index in [1.807, 2.05) is 0 Å². The number of Topliss-reactive ketones (excluding diaryl/α,β-unsaturated/α-hetero) is 1. The van der Waals surface area contributed by atoms with Crippen LogP contribution < -0.4 is 5.32 Å². The van der Waals surface area contributed by atoms with Crippen LogP contribution in [0, 0.1) is 0 Å². The molecule has 136 valence electrons. The quantitative estimate of drug-likeness (QED) is 0.354. The number of nitrogens with one attached hydrogen (secondary N) is 1. The van der Waals surface area contributed by atoms with E-state index in [0.29, 0.717) is 5.57 Å². The number of carboxylic acid groups (broad SMARTS) is 1. The summed E-state index contributed by atoms with van der Waals surface area (Å²) in [5.41, 5.74) is 0.105. The molecule has 2 atom stereocenters. The number of thioether (sulfide) groups is 1. The lowest BCUT2D eigenvalue weighted by Gasteiger charge is -2.49. The highest BCUT2D eigenvalue weighted by atomic mass is 32.2. The third-order valence-electron chi connectivity index (χ3n) is 3.77. The number of aliphatic carboxylic acids is 1. The molecular formula is C15H18N2O7S. The number of rotatable bonds is 7.